The number of carbonyl (C=O) groups excluding carboxylic acids is 1. The van der Waals surface area contributed by atoms with Crippen LogP contribution in [0, 0.1) is 0 Å². The monoisotopic (exact) mass is 470 g/mol. The Bertz CT molecular complexity index is 1230. The van der Waals surface area contributed by atoms with E-state index in [1.165, 1.54) is 12.2 Å². The van der Waals surface area contributed by atoms with Crippen LogP contribution in [0.3, 0.4) is 0 Å². The molecule has 1 saturated heterocycles. The number of sulfonamides is 1. The lowest BCUT2D eigenvalue weighted by Gasteiger charge is -2.31. The largest absolute Gasteiger partial charge is 0.366 e. The third kappa shape index (κ3) is 4.96. The van der Waals surface area contributed by atoms with E-state index >= 15 is 0 Å². The summed E-state index contributed by atoms with van der Waals surface area (Å²) in [6.07, 6.45) is 3.37. The molecule has 0 atom stereocenters. The van der Waals surface area contributed by atoms with E-state index < -0.39 is 15.9 Å². The molecule has 0 spiro atoms. The van der Waals surface area contributed by atoms with Crippen LogP contribution in [0.4, 0.5) is 0 Å². The molecule has 176 valence electrons. The number of aromatic nitrogens is 1. The van der Waals surface area contributed by atoms with Gasteiger partial charge in [0.05, 0.1) is 23.9 Å². The summed E-state index contributed by atoms with van der Waals surface area (Å²) in [6, 6.07) is 13.8. The van der Waals surface area contributed by atoms with E-state index in [0.717, 1.165) is 27.6 Å². The highest BCUT2D eigenvalue weighted by Crippen LogP contribution is 2.37. The maximum Gasteiger partial charge on any atom is 0.250 e. The normalized spacial score (nSPS) is 16.0. The molecule has 33 heavy (non-hydrogen) atoms. The van der Waals surface area contributed by atoms with Crippen molar-refractivity contribution in [3.05, 3.63) is 59.8 Å². The molecule has 2 heterocycles. The molecule has 9 heteroatoms. The van der Waals surface area contributed by atoms with Gasteiger partial charge in [0.15, 0.2) is 0 Å². The maximum atomic E-state index is 12.7. The standard InChI is InChI=1S/C24H30N4O4S/c1-27(32-2)12-13-33(30,31)28-10-8-18(9-11-28)22-16-26-23-20(22)14-19(15-21(23)24(25)29)17-6-4-3-5-7-17/h3-7,14-16,18,26H,8-13H2,1-2H3,(H2,25,29). The summed E-state index contributed by atoms with van der Waals surface area (Å²) < 4.78 is 27.0. The molecule has 8 nitrogen and oxygen atoms in total. The second kappa shape index (κ2) is 9.64. The smallest absolute Gasteiger partial charge is 0.250 e. The third-order valence-corrected chi connectivity index (χ3v) is 8.31. The Morgan fingerprint density at radius 1 is 1.18 bits per heavy atom. The molecule has 0 saturated carbocycles. The average Bonchev–Trinajstić information content (AvgIpc) is 3.26. The van der Waals surface area contributed by atoms with E-state index in [4.69, 9.17) is 10.6 Å². The van der Waals surface area contributed by atoms with Gasteiger partial charge in [0.1, 0.15) is 0 Å². The first kappa shape index (κ1) is 23.4. The van der Waals surface area contributed by atoms with Gasteiger partial charge in [-0.05, 0) is 47.6 Å². The van der Waals surface area contributed by atoms with Crippen molar-refractivity contribution in [2.24, 2.45) is 5.73 Å². The number of H-pyrrole nitrogens is 1. The maximum absolute atomic E-state index is 12.7. The predicted molar refractivity (Wildman–Crippen MR) is 129 cm³/mol. The van der Waals surface area contributed by atoms with Gasteiger partial charge >= 0.3 is 0 Å². The molecule has 2 aromatic carbocycles. The van der Waals surface area contributed by atoms with Crippen molar-refractivity contribution in [1.29, 1.82) is 0 Å². The number of primary amides is 1. The minimum atomic E-state index is -3.34. The van der Waals surface area contributed by atoms with Crippen molar-refractivity contribution >= 4 is 26.8 Å². The van der Waals surface area contributed by atoms with E-state index in [0.29, 0.717) is 38.0 Å². The molecule has 0 bridgehead atoms. The van der Waals surface area contributed by atoms with E-state index in [1.807, 2.05) is 42.6 Å². The second-order valence-electron chi connectivity index (χ2n) is 8.44. The van der Waals surface area contributed by atoms with Gasteiger partial charge < -0.3 is 15.6 Å². The van der Waals surface area contributed by atoms with Gasteiger partial charge in [0.2, 0.25) is 10.0 Å². The molecule has 1 aliphatic rings. The van der Waals surface area contributed by atoms with Crippen LogP contribution in [0.15, 0.2) is 48.7 Å². The van der Waals surface area contributed by atoms with E-state index in [-0.39, 0.29) is 11.7 Å². The van der Waals surface area contributed by atoms with Crippen LogP contribution in [-0.2, 0) is 14.9 Å². The number of hydrogen-bond donors (Lipinski definition) is 2. The number of aromatic amines is 1. The van der Waals surface area contributed by atoms with Crippen molar-refractivity contribution in [2.45, 2.75) is 18.8 Å². The van der Waals surface area contributed by atoms with Gasteiger partial charge in [0, 0.05) is 38.3 Å². The Morgan fingerprint density at radius 2 is 1.88 bits per heavy atom. The van der Waals surface area contributed by atoms with E-state index in [2.05, 4.69) is 11.1 Å². The van der Waals surface area contributed by atoms with Crippen molar-refractivity contribution in [3.8, 4) is 11.1 Å². The Hall–Kier alpha value is -2.72. The number of hydrogen-bond acceptors (Lipinski definition) is 5. The van der Waals surface area contributed by atoms with E-state index in [1.54, 1.807) is 11.4 Å². The molecule has 0 aliphatic carbocycles. The Balaban J connectivity index is 1.58. The van der Waals surface area contributed by atoms with Crippen molar-refractivity contribution in [3.63, 3.8) is 0 Å². The topological polar surface area (TPSA) is 109 Å². The SMILES string of the molecule is CON(C)CCS(=O)(=O)N1CCC(c2c[nH]c3c(C(N)=O)cc(-c4ccccc4)cc23)CC1. The highest BCUT2D eigenvalue weighted by Gasteiger charge is 2.30. The third-order valence-electron chi connectivity index (χ3n) is 6.46. The van der Waals surface area contributed by atoms with Crippen LogP contribution >= 0.6 is 0 Å². The Kier molecular flexibility index (Phi) is 6.85. The van der Waals surface area contributed by atoms with Gasteiger partial charge in [-0.2, -0.15) is 5.06 Å². The number of nitrogens with zero attached hydrogens (tertiary/aromatic N) is 2. The first-order valence-electron chi connectivity index (χ1n) is 11.0. The summed E-state index contributed by atoms with van der Waals surface area (Å²) in [4.78, 5) is 20.4. The summed E-state index contributed by atoms with van der Waals surface area (Å²) in [5, 5.41) is 2.48. The summed E-state index contributed by atoms with van der Waals surface area (Å²) in [7, 11) is -0.110. The number of carbonyl (C=O) groups is 1. The van der Waals surface area contributed by atoms with Crippen LogP contribution in [0.25, 0.3) is 22.0 Å². The highest BCUT2D eigenvalue weighted by molar-refractivity contribution is 7.89. The molecule has 1 fully saturated rings. The molecule has 3 N–H and O–H groups in total. The molecule has 0 radical (unpaired) electrons. The minimum Gasteiger partial charge on any atom is -0.366 e. The van der Waals surface area contributed by atoms with Gasteiger partial charge in [-0.1, -0.05) is 30.3 Å². The zero-order valence-electron chi connectivity index (χ0n) is 19.0. The molecule has 4 rings (SSSR count). The van der Waals surface area contributed by atoms with Crippen molar-refractivity contribution in [1.82, 2.24) is 14.4 Å². The van der Waals surface area contributed by atoms with Crippen LogP contribution in [0.5, 0.6) is 0 Å². The first-order chi connectivity index (χ1) is 15.8. The number of piperidine rings is 1. The molecule has 0 unspecified atom stereocenters. The lowest BCUT2D eigenvalue weighted by Crippen LogP contribution is -2.41. The van der Waals surface area contributed by atoms with Gasteiger partial charge in [-0.15, -0.1) is 0 Å². The highest BCUT2D eigenvalue weighted by atomic mass is 32.2. The number of fused-ring (bicyclic) bond motifs is 1. The molecule has 1 aliphatic heterocycles. The molecular weight excluding hydrogens is 440 g/mol. The molecule has 1 aromatic heterocycles. The zero-order valence-corrected chi connectivity index (χ0v) is 19.8. The fourth-order valence-corrected chi connectivity index (χ4v) is 6.00. The zero-order chi connectivity index (χ0) is 23.6. The van der Waals surface area contributed by atoms with Crippen molar-refractivity contribution < 1.29 is 18.0 Å². The number of nitrogens with two attached hydrogens (primary N) is 1. The van der Waals surface area contributed by atoms with Gasteiger partial charge in [0.25, 0.3) is 5.91 Å². The van der Waals surface area contributed by atoms with Crippen LogP contribution in [-0.4, -0.2) is 68.2 Å². The summed E-state index contributed by atoms with van der Waals surface area (Å²) in [5.41, 5.74) is 9.92. The molecule has 3 aromatic rings. The lowest BCUT2D eigenvalue weighted by atomic mass is 9.88. The van der Waals surface area contributed by atoms with Crippen LogP contribution in [0.1, 0.15) is 34.7 Å². The van der Waals surface area contributed by atoms with Crippen molar-refractivity contribution in [2.75, 3.05) is 39.5 Å². The number of amides is 1. The number of hydroxylamine groups is 2. The number of benzene rings is 2. The fourth-order valence-electron chi connectivity index (χ4n) is 4.49. The van der Waals surface area contributed by atoms with Gasteiger partial charge in [-0.3, -0.25) is 4.79 Å². The lowest BCUT2D eigenvalue weighted by molar-refractivity contribution is -0.104. The van der Waals surface area contributed by atoms with Gasteiger partial charge in [-0.25, -0.2) is 12.7 Å². The summed E-state index contributed by atoms with van der Waals surface area (Å²) in [5.74, 6) is -0.260. The summed E-state index contributed by atoms with van der Waals surface area (Å²) >= 11 is 0. The molecule has 1 amide bonds. The minimum absolute atomic E-state index is 0.0253. The fraction of sp³-hybridized carbons (Fsp3) is 0.375. The number of rotatable bonds is 8. The van der Waals surface area contributed by atoms with Crippen LogP contribution in [0.2, 0.25) is 0 Å². The number of nitrogens with one attached hydrogen (secondary N) is 1. The second-order valence-corrected chi connectivity index (χ2v) is 10.5. The quantitative estimate of drug-likeness (QED) is 0.492. The predicted octanol–water partition coefficient (Wildman–Crippen LogP) is 2.94. The average molecular weight is 471 g/mol. The Morgan fingerprint density at radius 3 is 2.52 bits per heavy atom. The summed E-state index contributed by atoms with van der Waals surface area (Å²) in [6.45, 7) is 1.26. The molecular formula is C24H30N4O4S. The Labute approximate surface area is 194 Å². The first-order valence-corrected chi connectivity index (χ1v) is 12.6. The van der Waals surface area contributed by atoms with Crippen LogP contribution < -0.4 is 5.73 Å². The van der Waals surface area contributed by atoms with E-state index in [9.17, 15) is 13.2 Å².